The third kappa shape index (κ3) is 5.54. The Bertz CT molecular complexity index is 1220. The minimum atomic E-state index is -0.513. The van der Waals surface area contributed by atoms with E-state index in [0.717, 1.165) is 28.2 Å². The number of carbonyl (C=O) groups is 2. The van der Waals surface area contributed by atoms with E-state index in [4.69, 9.17) is 4.74 Å². The minimum absolute atomic E-state index is 0.133. The van der Waals surface area contributed by atoms with Gasteiger partial charge < -0.3 is 10.1 Å². The summed E-state index contributed by atoms with van der Waals surface area (Å²) >= 11 is 1.16. The van der Waals surface area contributed by atoms with E-state index in [1.54, 1.807) is 20.9 Å². The second kappa shape index (κ2) is 10.5. The molecule has 9 heteroatoms. The van der Waals surface area contributed by atoms with Crippen LogP contribution in [-0.4, -0.2) is 39.8 Å². The molecule has 3 rings (SSSR count). The van der Waals surface area contributed by atoms with Gasteiger partial charge in [0.05, 0.1) is 29.5 Å². The Hall–Kier alpha value is -3.33. The van der Waals surface area contributed by atoms with Crippen LogP contribution in [0.1, 0.15) is 39.1 Å². The Morgan fingerprint density at radius 2 is 1.85 bits per heavy atom. The van der Waals surface area contributed by atoms with Gasteiger partial charge in [-0.2, -0.15) is 5.10 Å². The summed E-state index contributed by atoms with van der Waals surface area (Å²) in [6, 6.07) is 9.60. The first kappa shape index (κ1) is 24.3. The van der Waals surface area contributed by atoms with Crippen LogP contribution in [0.3, 0.4) is 0 Å². The highest BCUT2D eigenvalue weighted by molar-refractivity contribution is 7.17. The van der Waals surface area contributed by atoms with Crippen molar-refractivity contribution < 1.29 is 14.3 Å². The van der Waals surface area contributed by atoms with Crippen molar-refractivity contribution in [1.82, 2.24) is 20.1 Å². The molecule has 1 aromatic carbocycles. The molecule has 0 aliphatic heterocycles. The quantitative estimate of drug-likeness (QED) is 0.510. The maximum atomic E-state index is 13.0. The van der Waals surface area contributed by atoms with Gasteiger partial charge in [-0.1, -0.05) is 30.3 Å². The van der Waals surface area contributed by atoms with Crippen molar-refractivity contribution in [3.8, 4) is 10.6 Å². The van der Waals surface area contributed by atoms with E-state index in [0.29, 0.717) is 27.6 Å². The van der Waals surface area contributed by atoms with Crippen molar-refractivity contribution >= 4 is 23.2 Å². The third-order valence-corrected chi connectivity index (χ3v) is 6.57. The average molecular weight is 469 g/mol. The monoisotopic (exact) mass is 468 g/mol. The normalized spacial score (nSPS) is 11.8. The second-order valence-electron chi connectivity index (χ2n) is 7.80. The fourth-order valence-corrected chi connectivity index (χ4v) is 4.58. The number of thiazole rings is 1. The number of amides is 1. The summed E-state index contributed by atoms with van der Waals surface area (Å²) in [5, 5.41) is 7.53. The molecule has 0 spiro atoms. The number of aromatic nitrogens is 3. The van der Waals surface area contributed by atoms with E-state index >= 15 is 0 Å². The third-order valence-electron chi connectivity index (χ3n) is 5.40. The number of benzene rings is 1. The lowest BCUT2D eigenvalue weighted by molar-refractivity contribution is -0.147. The van der Waals surface area contributed by atoms with E-state index in [-0.39, 0.29) is 30.6 Å². The molecule has 0 radical (unpaired) electrons. The van der Waals surface area contributed by atoms with Gasteiger partial charge in [0.1, 0.15) is 9.88 Å². The predicted molar refractivity (Wildman–Crippen MR) is 127 cm³/mol. The van der Waals surface area contributed by atoms with Crippen molar-refractivity contribution in [3.63, 3.8) is 0 Å². The van der Waals surface area contributed by atoms with Crippen LogP contribution >= 0.6 is 11.3 Å². The molecular formula is C24H28N4O4S. The number of hydrogen-bond acceptors (Lipinski definition) is 7. The molecule has 0 saturated carbocycles. The molecule has 0 aliphatic rings. The lowest BCUT2D eigenvalue weighted by Gasteiger charge is -2.16. The number of hydrogen-bond donors (Lipinski definition) is 1. The SMILES string of the molecule is CCOC(=O)C(CNC(=O)c1sc(-c2c(C)c(C)nn(C)c2=O)nc1C)Cc1ccccc1. The van der Waals surface area contributed by atoms with Crippen molar-refractivity contribution in [3.05, 3.63) is 68.1 Å². The summed E-state index contributed by atoms with van der Waals surface area (Å²) in [5.41, 5.74) is 3.17. The topological polar surface area (TPSA) is 103 Å². The van der Waals surface area contributed by atoms with E-state index in [9.17, 15) is 14.4 Å². The number of rotatable bonds is 8. The summed E-state index contributed by atoms with van der Waals surface area (Å²) in [5.74, 6) is -1.20. The van der Waals surface area contributed by atoms with Crippen molar-refractivity contribution in [2.24, 2.45) is 13.0 Å². The van der Waals surface area contributed by atoms with Gasteiger partial charge >= 0.3 is 5.97 Å². The molecule has 3 aromatic rings. The van der Waals surface area contributed by atoms with Gasteiger partial charge in [-0.05, 0) is 45.2 Å². The van der Waals surface area contributed by atoms with E-state index < -0.39 is 5.92 Å². The molecule has 2 aromatic heterocycles. The zero-order valence-electron chi connectivity index (χ0n) is 19.5. The molecule has 1 atom stereocenters. The molecule has 1 N–H and O–H groups in total. The molecule has 33 heavy (non-hydrogen) atoms. The average Bonchev–Trinajstić information content (AvgIpc) is 3.17. The molecule has 8 nitrogen and oxygen atoms in total. The smallest absolute Gasteiger partial charge is 0.311 e. The van der Waals surface area contributed by atoms with Gasteiger partial charge in [-0.15, -0.1) is 11.3 Å². The van der Waals surface area contributed by atoms with E-state index in [2.05, 4.69) is 15.4 Å². The summed E-state index contributed by atoms with van der Waals surface area (Å²) < 4.78 is 6.49. The summed E-state index contributed by atoms with van der Waals surface area (Å²) in [7, 11) is 1.59. The van der Waals surface area contributed by atoms with Gasteiger partial charge in [0.25, 0.3) is 11.5 Å². The minimum Gasteiger partial charge on any atom is -0.466 e. The predicted octanol–water partition coefficient (Wildman–Crippen LogP) is 2.98. The largest absolute Gasteiger partial charge is 0.466 e. The Morgan fingerprint density at radius 1 is 1.15 bits per heavy atom. The van der Waals surface area contributed by atoms with Crippen molar-refractivity contribution in [2.75, 3.05) is 13.2 Å². The first-order valence-electron chi connectivity index (χ1n) is 10.7. The van der Waals surface area contributed by atoms with Crippen LogP contribution in [0.25, 0.3) is 10.6 Å². The Balaban J connectivity index is 1.81. The molecule has 174 valence electrons. The summed E-state index contributed by atoms with van der Waals surface area (Å²) in [6.45, 7) is 7.54. The standard InChI is InChI=1S/C24H28N4O4S/c1-6-32-24(31)18(12-17-10-8-7-9-11-17)13-25-21(29)20-16(4)26-22(33-20)19-14(2)15(3)27-28(5)23(19)30/h7-11,18H,6,12-13H2,1-5H3,(H,25,29). The fraction of sp³-hybridized carbons (Fsp3) is 0.375. The highest BCUT2D eigenvalue weighted by Gasteiger charge is 2.24. The number of nitrogens with zero attached hydrogens (tertiary/aromatic N) is 3. The Kier molecular flexibility index (Phi) is 7.75. The maximum absolute atomic E-state index is 13.0. The van der Waals surface area contributed by atoms with Gasteiger partial charge in [-0.3, -0.25) is 14.4 Å². The van der Waals surface area contributed by atoms with Crippen LogP contribution in [0.4, 0.5) is 0 Å². The summed E-state index contributed by atoms with van der Waals surface area (Å²) in [6.07, 6.45) is 0.457. The van der Waals surface area contributed by atoms with Gasteiger partial charge in [0.2, 0.25) is 0 Å². The van der Waals surface area contributed by atoms with Gasteiger partial charge in [0, 0.05) is 13.6 Å². The van der Waals surface area contributed by atoms with Crippen LogP contribution in [0.15, 0.2) is 35.1 Å². The molecule has 2 heterocycles. The first-order chi connectivity index (χ1) is 15.7. The molecular weight excluding hydrogens is 440 g/mol. The number of esters is 1. The number of nitrogens with one attached hydrogen (secondary N) is 1. The van der Waals surface area contributed by atoms with Crippen molar-refractivity contribution in [2.45, 2.75) is 34.1 Å². The first-order valence-corrected chi connectivity index (χ1v) is 11.6. The fourth-order valence-electron chi connectivity index (χ4n) is 3.51. The molecule has 1 unspecified atom stereocenters. The van der Waals surface area contributed by atoms with Crippen LogP contribution in [0, 0.1) is 26.7 Å². The molecule has 0 fully saturated rings. The Morgan fingerprint density at radius 3 is 2.52 bits per heavy atom. The van der Waals surface area contributed by atoms with Crippen LogP contribution in [-0.2, 0) is 23.0 Å². The number of ether oxygens (including phenoxy) is 1. The van der Waals surface area contributed by atoms with Gasteiger partial charge in [-0.25, -0.2) is 9.67 Å². The lowest BCUT2D eigenvalue weighted by Crippen LogP contribution is -2.35. The summed E-state index contributed by atoms with van der Waals surface area (Å²) in [4.78, 5) is 43.0. The number of carbonyl (C=O) groups excluding carboxylic acids is 2. The second-order valence-corrected chi connectivity index (χ2v) is 8.80. The lowest BCUT2D eigenvalue weighted by atomic mass is 9.99. The maximum Gasteiger partial charge on any atom is 0.311 e. The number of aryl methyl sites for hydroxylation is 3. The highest BCUT2D eigenvalue weighted by Crippen LogP contribution is 2.28. The van der Waals surface area contributed by atoms with Crippen LogP contribution in [0.2, 0.25) is 0 Å². The zero-order chi connectivity index (χ0) is 24.1. The van der Waals surface area contributed by atoms with Crippen LogP contribution < -0.4 is 10.9 Å². The highest BCUT2D eigenvalue weighted by atomic mass is 32.1. The zero-order valence-corrected chi connectivity index (χ0v) is 20.3. The molecule has 1 amide bonds. The molecule has 0 saturated heterocycles. The van der Waals surface area contributed by atoms with E-state index in [1.165, 1.54) is 4.68 Å². The van der Waals surface area contributed by atoms with Crippen LogP contribution in [0.5, 0.6) is 0 Å². The van der Waals surface area contributed by atoms with Gasteiger partial charge in [0.15, 0.2) is 0 Å². The van der Waals surface area contributed by atoms with E-state index in [1.807, 2.05) is 44.2 Å². The Labute approximate surface area is 196 Å². The molecule has 0 bridgehead atoms. The molecule has 0 aliphatic carbocycles. The van der Waals surface area contributed by atoms with Crippen molar-refractivity contribution in [1.29, 1.82) is 0 Å².